The number of phenols is 2. The van der Waals surface area contributed by atoms with Crippen molar-refractivity contribution in [2.24, 2.45) is 0 Å². The van der Waals surface area contributed by atoms with E-state index in [9.17, 15) is 15.2 Å². The quantitative estimate of drug-likeness (QED) is 0.430. The van der Waals surface area contributed by atoms with Crippen LogP contribution in [0.1, 0.15) is 0 Å². The second-order valence-corrected chi connectivity index (χ2v) is 3.63. The van der Waals surface area contributed by atoms with Gasteiger partial charge in [0.05, 0.1) is 15.7 Å². The van der Waals surface area contributed by atoms with Crippen LogP contribution in [0.4, 0.5) is 5.69 Å². The second-order valence-electron chi connectivity index (χ2n) is 2.72. The van der Waals surface area contributed by atoms with Crippen LogP contribution in [0.3, 0.4) is 0 Å². The van der Waals surface area contributed by atoms with Gasteiger partial charge in [0, 0.05) is 10.8 Å². The summed E-state index contributed by atoms with van der Waals surface area (Å²) in [4.78, 5) is 10.0. The van der Waals surface area contributed by atoms with Gasteiger partial charge in [0.15, 0.2) is 11.5 Å². The van der Waals surface area contributed by atoms with Crippen molar-refractivity contribution in [1.82, 2.24) is 0 Å². The lowest BCUT2D eigenvalue weighted by Crippen LogP contribution is -1.84. The molecule has 0 spiro atoms. The molecule has 2 aromatic rings. The highest BCUT2D eigenvalue weighted by molar-refractivity contribution is 7.17. The van der Waals surface area contributed by atoms with Gasteiger partial charge >= 0.3 is 0 Å². The highest BCUT2D eigenvalue weighted by atomic mass is 32.1. The molecule has 1 aromatic heterocycles. The lowest BCUT2D eigenvalue weighted by atomic mass is 10.2. The van der Waals surface area contributed by atoms with Crippen LogP contribution < -0.4 is 0 Å². The Labute approximate surface area is 82.0 Å². The van der Waals surface area contributed by atoms with E-state index < -0.39 is 4.92 Å². The molecule has 0 fully saturated rings. The molecule has 0 bridgehead atoms. The molecule has 0 radical (unpaired) electrons. The maximum Gasteiger partial charge on any atom is 0.287 e. The minimum absolute atomic E-state index is 0.0553. The number of hydrogen-bond acceptors (Lipinski definition) is 5. The molecule has 0 aliphatic carbocycles. The van der Waals surface area contributed by atoms with Crippen molar-refractivity contribution in [3.05, 3.63) is 27.6 Å². The van der Waals surface area contributed by atoms with Crippen molar-refractivity contribution in [1.29, 1.82) is 0 Å². The average molecular weight is 211 g/mol. The van der Waals surface area contributed by atoms with Gasteiger partial charge < -0.3 is 10.2 Å². The van der Waals surface area contributed by atoms with Crippen LogP contribution in [0, 0.1) is 10.1 Å². The summed E-state index contributed by atoms with van der Waals surface area (Å²) in [5.74, 6) is -0.617. The Bertz CT molecular complexity index is 519. The Hall–Kier alpha value is -1.82. The van der Waals surface area contributed by atoms with Gasteiger partial charge in [0.25, 0.3) is 5.69 Å². The third-order valence-corrected chi connectivity index (χ3v) is 2.78. The first-order valence-electron chi connectivity index (χ1n) is 3.67. The molecule has 1 heterocycles. The molecule has 2 rings (SSSR count). The van der Waals surface area contributed by atoms with Crippen molar-refractivity contribution < 1.29 is 15.1 Å². The highest BCUT2D eigenvalue weighted by Gasteiger charge is 2.16. The SMILES string of the molecule is O=[N+]([O-])c1csc2cc(O)c(O)cc12. The van der Waals surface area contributed by atoms with E-state index in [0.717, 1.165) is 11.3 Å². The first-order chi connectivity index (χ1) is 6.59. The summed E-state index contributed by atoms with van der Waals surface area (Å²) in [5, 5.41) is 30.6. The predicted octanol–water partition coefficient (Wildman–Crippen LogP) is 2.22. The lowest BCUT2D eigenvalue weighted by Gasteiger charge is -1.96. The minimum Gasteiger partial charge on any atom is -0.504 e. The number of benzene rings is 1. The molecule has 0 aliphatic heterocycles. The van der Waals surface area contributed by atoms with E-state index in [1.54, 1.807) is 0 Å². The van der Waals surface area contributed by atoms with Crippen molar-refractivity contribution in [2.75, 3.05) is 0 Å². The number of fused-ring (bicyclic) bond motifs is 1. The molecule has 0 saturated heterocycles. The highest BCUT2D eigenvalue weighted by Crippen LogP contribution is 2.38. The Balaban J connectivity index is 2.80. The van der Waals surface area contributed by atoms with E-state index in [1.807, 2.05) is 0 Å². The molecular formula is C8H5NO4S. The van der Waals surface area contributed by atoms with E-state index in [2.05, 4.69) is 0 Å². The molecular weight excluding hydrogens is 206 g/mol. The van der Waals surface area contributed by atoms with E-state index in [0.29, 0.717) is 10.1 Å². The maximum atomic E-state index is 10.5. The fourth-order valence-corrected chi connectivity index (χ4v) is 2.10. The monoisotopic (exact) mass is 211 g/mol. The molecule has 0 atom stereocenters. The van der Waals surface area contributed by atoms with Crippen molar-refractivity contribution in [2.45, 2.75) is 0 Å². The molecule has 14 heavy (non-hydrogen) atoms. The molecule has 0 unspecified atom stereocenters. The zero-order valence-corrected chi connectivity index (χ0v) is 7.61. The van der Waals surface area contributed by atoms with Crippen molar-refractivity contribution >= 4 is 27.1 Å². The Morgan fingerprint density at radius 2 is 1.93 bits per heavy atom. The number of nitrogens with zero attached hydrogens (tertiary/aromatic N) is 1. The van der Waals surface area contributed by atoms with E-state index in [4.69, 9.17) is 5.11 Å². The molecule has 0 amide bonds. The Morgan fingerprint density at radius 1 is 1.29 bits per heavy atom. The molecule has 0 aliphatic rings. The number of rotatable bonds is 1. The average Bonchev–Trinajstić information content (AvgIpc) is 2.48. The second kappa shape index (κ2) is 2.85. The summed E-state index contributed by atoms with van der Waals surface area (Å²) in [7, 11) is 0. The third kappa shape index (κ3) is 1.16. The van der Waals surface area contributed by atoms with E-state index in [1.165, 1.54) is 17.5 Å². The summed E-state index contributed by atoms with van der Waals surface area (Å²) in [6, 6.07) is 2.50. The van der Waals surface area contributed by atoms with E-state index in [-0.39, 0.29) is 17.2 Å². The fourth-order valence-electron chi connectivity index (χ4n) is 1.18. The van der Waals surface area contributed by atoms with Gasteiger partial charge in [-0.2, -0.15) is 0 Å². The standard InChI is InChI=1S/C8H5NO4S/c10-6-1-4-5(9(12)13)3-14-8(4)2-7(6)11/h1-3,10-11H. The van der Waals surface area contributed by atoms with Crippen molar-refractivity contribution in [3.63, 3.8) is 0 Å². The van der Waals surface area contributed by atoms with Gasteiger partial charge in [-0.1, -0.05) is 0 Å². The van der Waals surface area contributed by atoms with Gasteiger partial charge in [0.1, 0.15) is 0 Å². The summed E-state index contributed by atoms with van der Waals surface area (Å²) in [6.45, 7) is 0. The van der Waals surface area contributed by atoms with Gasteiger partial charge in [-0.25, -0.2) is 0 Å². The normalized spacial score (nSPS) is 10.6. The predicted molar refractivity (Wildman–Crippen MR) is 51.8 cm³/mol. The molecule has 0 saturated carbocycles. The number of thiophene rings is 1. The van der Waals surface area contributed by atoms with E-state index >= 15 is 0 Å². The summed E-state index contributed by atoms with van der Waals surface area (Å²) < 4.78 is 0.576. The first kappa shape index (κ1) is 8.76. The number of aromatic hydroxyl groups is 2. The number of hydrogen-bond donors (Lipinski definition) is 2. The fraction of sp³-hybridized carbons (Fsp3) is 0. The topological polar surface area (TPSA) is 83.6 Å². The van der Waals surface area contributed by atoms with Gasteiger partial charge in [-0.05, 0) is 6.07 Å². The van der Waals surface area contributed by atoms with Crippen LogP contribution in [-0.4, -0.2) is 15.1 Å². The van der Waals surface area contributed by atoms with Crippen LogP contribution >= 0.6 is 11.3 Å². The first-order valence-corrected chi connectivity index (χ1v) is 4.55. The zero-order valence-electron chi connectivity index (χ0n) is 6.80. The molecule has 2 N–H and O–H groups in total. The molecule has 1 aromatic carbocycles. The minimum atomic E-state index is -0.519. The molecule has 72 valence electrons. The lowest BCUT2D eigenvalue weighted by molar-refractivity contribution is -0.382. The van der Waals surface area contributed by atoms with Crippen LogP contribution in [-0.2, 0) is 0 Å². The number of nitro groups is 1. The van der Waals surface area contributed by atoms with Gasteiger partial charge in [-0.3, -0.25) is 10.1 Å². The summed E-state index contributed by atoms with van der Waals surface area (Å²) in [6.07, 6.45) is 0. The van der Waals surface area contributed by atoms with Crippen LogP contribution in [0.2, 0.25) is 0 Å². The molecule has 5 nitrogen and oxygen atoms in total. The Morgan fingerprint density at radius 3 is 2.57 bits per heavy atom. The van der Waals surface area contributed by atoms with Crippen molar-refractivity contribution in [3.8, 4) is 11.5 Å². The van der Waals surface area contributed by atoms with Crippen LogP contribution in [0.5, 0.6) is 11.5 Å². The summed E-state index contributed by atoms with van der Waals surface area (Å²) in [5.41, 5.74) is -0.0553. The maximum absolute atomic E-state index is 10.5. The third-order valence-electron chi connectivity index (χ3n) is 1.85. The van der Waals surface area contributed by atoms with Gasteiger partial charge in [0.2, 0.25) is 0 Å². The smallest absolute Gasteiger partial charge is 0.287 e. The number of phenolic OH excluding ortho intramolecular Hbond substituents is 2. The molecule has 6 heteroatoms. The van der Waals surface area contributed by atoms with Crippen LogP contribution in [0.15, 0.2) is 17.5 Å². The summed E-state index contributed by atoms with van der Waals surface area (Å²) >= 11 is 1.15. The van der Waals surface area contributed by atoms with Crippen LogP contribution in [0.25, 0.3) is 10.1 Å². The van der Waals surface area contributed by atoms with Gasteiger partial charge in [-0.15, -0.1) is 11.3 Å². The zero-order chi connectivity index (χ0) is 10.3. The Kier molecular flexibility index (Phi) is 1.78. The largest absolute Gasteiger partial charge is 0.504 e.